The monoisotopic (exact) mass is 301 g/mol. The van der Waals surface area contributed by atoms with Gasteiger partial charge >= 0.3 is 0 Å². The first-order valence-electron chi connectivity index (χ1n) is 4.84. The van der Waals surface area contributed by atoms with Crippen LogP contribution in [0, 0.1) is 0 Å². The molecule has 1 saturated carbocycles. The van der Waals surface area contributed by atoms with Crippen LogP contribution in [0.5, 0.6) is 0 Å². The number of anilines is 1. The van der Waals surface area contributed by atoms with E-state index in [1.54, 1.807) is 12.1 Å². The molecule has 1 aliphatic heterocycles. The highest BCUT2D eigenvalue weighted by Gasteiger charge is 2.63. The summed E-state index contributed by atoms with van der Waals surface area (Å²) in [6.45, 7) is 0. The molecule has 1 amide bonds. The van der Waals surface area contributed by atoms with E-state index in [0.29, 0.717) is 23.0 Å². The Balaban J connectivity index is 2.35. The van der Waals surface area contributed by atoms with Crippen LogP contribution in [0.15, 0.2) is 27.6 Å². The number of hydrogen-bond donors (Lipinski definition) is 1. The number of carbonyl (C=O) groups excluding carboxylic acids is 1. The van der Waals surface area contributed by atoms with E-state index in [0.717, 1.165) is 0 Å². The van der Waals surface area contributed by atoms with Gasteiger partial charge in [0.25, 0.3) is 0 Å². The van der Waals surface area contributed by atoms with E-state index in [2.05, 4.69) is 21.2 Å². The van der Waals surface area contributed by atoms with Gasteiger partial charge in [0.1, 0.15) is 0 Å². The number of nitrogens with one attached hydrogen (secondary N) is 1. The van der Waals surface area contributed by atoms with Gasteiger partial charge in [-0.25, -0.2) is 8.42 Å². The molecule has 6 heteroatoms. The minimum Gasteiger partial charge on any atom is -0.323 e. The Hall–Kier alpha value is -0.880. The number of hydrogen-bond acceptors (Lipinski definition) is 3. The molecule has 16 heavy (non-hydrogen) atoms. The van der Waals surface area contributed by atoms with E-state index >= 15 is 0 Å². The van der Waals surface area contributed by atoms with Gasteiger partial charge in [0.05, 0.1) is 10.6 Å². The highest BCUT2D eigenvalue weighted by atomic mass is 79.9. The van der Waals surface area contributed by atoms with Gasteiger partial charge in [-0.3, -0.25) is 4.79 Å². The molecule has 1 aromatic rings. The number of benzene rings is 1. The first kappa shape index (κ1) is 10.3. The zero-order valence-corrected chi connectivity index (χ0v) is 10.6. The van der Waals surface area contributed by atoms with E-state index in [1.807, 2.05) is 0 Å². The molecule has 0 saturated heterocycles. The van der Waals surface area contributed by atoms with Gasteiger partial charge in [0.2, 0.25) is 5.91 Å². The normalized spacial score (nSPS) is 23.7. The SMILES string of the molecule is O=C1Nc2c(Br)cccc2S(=O)(=O)C12CC2. The Kier molecular flexibility index (Phi) is 1.84. The molecule has 1 N–H and O–H groups in total. The molecule has 0 radical (unpaired) electrons. The van der Waals surface area contributed by atoms with Crippen molar-refractivity contribution in [2.45, 2.75) is 22.5 Å². The molecule has 0 aromatic heterocycles. The third kappa shape index (κ3) is 1.04. The van der Waals surface area contributed by atoms with Gasteiger partial charge in [-0.1, -0.05) is 6.07 Å². The number of amides is 1. The Morgan fingerprint density at radius 3 is 2.62 bits per heavy atom. The van der Waals surface area contributed by atoms with Crippen molar-refractivity contribution >= 4 is 37.4 Å². The molecular weight excluding hydrogens is 294 g/mol. The molecule has 0 unspecified atom stereocenters. The maximum atomic E-state index is 12.3. The maximum absolute atomic E-state index is 12.3. The third-order valence-electron chi connectivity index (χ3n) is 3.14. The fourth-order valence-corrected chi connectivity index (χ4v) is 4.66. The highest BCUT2D eigenvalue weighted by molar-refractivity contribution is 9.10. The zero-order valence-electron chi connectivity index (χ0n) is 8.16. The number of rotatable bonds is 0. The molecule has 1 aromatic carbocycles. The number of para-hydroxylation sites is 1. The summed E-state index contributed by atoms with van der Waals surface area (Å²) in [5.41, 5.74) is 0.366. The molecule has 1 fully saturated rings. The van der Waals surface area contributed by atoms with E-state index in [9.17, 15) is 13.2 Å². The summed E-state index contributed by atoms with van der Waals surface area (Å²) >= 11 is 3.24. The van der Waals surface area contributed by atoms with Crippen molar-refractivity contribution in [3.8, 4) is 0 Å². The quantitative estimate of drug-likeness (QED) is 0.793. The molecular formula is C10H8BrNO3S. The van der Waals surface area contributed by atoms with Crippen LogP contribution < -0.4 is 5.32 Å². The predicted octanol–water partition coefficient (Wildman–Crippen LogP) is 1.71. The molecule has 0 atom stereocenters. The van der Waals surface area contributed by atoms with Crippen molar-refractivity contribution in [1.82, 2.24) is 0 Å². The van der Waals surface area contributed by atoms with E-state index in [-0.39, 0.29) is 4.90 Å². The van der Waals surface area contributed by atoms with Gasteiger partial charge < -0.3 is 5.32 Å². The van der Waals surface area contributed by atoms with Gasteiger partial charge in [-0.15, -0.1) is 0 Å². The predicted molar refractivity (Wildman–Crippen MR) is 61.9 cm³/mol. The average Bonchev–Trinajstić information content (AvgIpc) is 2.99. The summed E-state index contributed by atoms with van der Waals surface area (Å²) < 4.78 is 24.0. The van der Waals surface area contributed by atoms with Crippen LogP contribution in [0.25, 0.3) is 0 Å². The lowest BCUT2D eigenvalue weighted by Crippen LogP contribution is -2.42. The largest absolute Gasteiger partial charge is 0.323 e. The van der Waals surface area contributed by atoms with Gasteiger partial charge in [-0.2, -0.15) is 0 Å². The number of fused-ring (bicyclic) bond motifs is 1. The molecule has 0 bridgehead atoms. The molecule has 1 heterocycles. The summed E-state index contributed by atoms with van der Waals surface area (Å²) in [5, 5.41) is 2.67. The Labute approximate surface area is 101 Å². The summed E-state index contributed by atoms with van der Waals surface area (Å²) in [5.74, 6) is -0.396. The van der Waals surface area contributed by atoms with E-state index in [1.165, 1.54) is 6.07 Å². The minimum atomic E-state index is -3.52. The number of sulfone groups is 1. The second-order valence-corrected chi connectivity index (χ2v) is 7.15. The first-order valence-corrected chi connectivity index (χ1v) is 7.11. The Bertz CT molecular complexity index is 604. The standard InChI is InChI=1S/C10H8BrNO3S/c11-6-2-1-3-7-8(6)12-9(13)10(4-5-10)16(7,14)15/h1-3H,4-5H2,(H,12,13). The van der Waals surface area contributed by atoms with Crippen molar-refractivity contribution in [3.05, 3.63) is 22.7 Å². The molecule has 1 spiro atoms. The maximum Gasteiger partial charge on any atom is 0.246 e. The van der Waals surface area contributed by atoms with Crippen LogP contribution in [-0.2, 0) is 14.6 Å². The van der Waals surface area contributed by atoms with Crippen LogP contribution in [0.2, 0.25) is 0 Å². The van der Waals surface area contributed by atoms with Crippen LogP contribution >= 0.6 is 15.9 Å². The van der Waals surface area contributed by atoms with Crippen molar-refractivity contribution in [3.63, 3.8) is 0 Å². The zero-order chi connectivity index (χ0) is 11.6. The van der Waals surface area contributed by atoms with E-state index < -0.39 is 20.5 Å². The molecule has 4 nitrogen and oxygen atoms in total. The average molecular weight is 302 g/mol. The molecule has 2 aliphatic rings. The number of halogens is 1. The lowest BCUT2D eigenvalue weighted by molar-refractivity contribution is -0.116. The van der Waals surface area contributed by atoms with Gasteiger partial charge in [0, 0.05) is 4.47 Å². The first-order chi connectivity index (χ1) is 7.49. The fourth-order valence-electron chi connectivity index (χ4n) is 2.02. The smallest absolute Gasteiger partial charge is 0.246 e. The van der Waals surface area contributed by atoms with E-state index in [4.69, 9.17) is 0 Å². The van der Waals surface area contributed by atoms with Crippen LogP contribution in [0.1, 0.15) is 12.8 Å². The van der Waals surface area contributed by atoms with Crippen LogP contribution in [-0.4, -0.2) is 19.1 Å². The minimum absolute atomic E-state index is 0.221. The lowest BCUT2D eigenvalue weighted by Gasteiger charge is -2.25. The summed E-state index contributed by atoms with van der Waals surface area (Å²) in [7, 11) is -3.52. The van der Waals surface area contributed by atoms with Crippen molar-refractivity contribution < 1.29 is 13.2 Å². The second-order valence-electron chi connectivity index (χ2n) is 4.06. The third-order valence-corrected chi connectivity index (χ3v) is 6.34. The van der Waals surface area contributed by atoms with Crippen LogP contribution in [0.4, 0.5) is 5.69 Å². The second kappa shape index (κ2) is 2.87. The summed E-state index contributed by atoms with van der Waals surface area (Å²) in [6.07, 6.45) is 0.847. The Morgan fingerprint density at radius 2 is 2.00 bits per heavy atom. The molecule has 3 rings (SSSR count). The Morgan fingerprint density at radius 1 is 1.31 bits per heavy atom. The summed E-state index contributed by atoms with van der Waals surface area (Å²) in [4.78, 5) is 12.0. The van der Waals surface area contributed by atoms with Crippen molar-refractivity contribution in [1.29, 1.82) is 0 Å². The lowest BCUT2D eigenvalue weighted by atomic mass is 10.3. The number of carbonyl (C=O) groups is 1. The fraction of sp³-hybridized carbons (Fsp3) is 0.300. The molecule has 84 valence electrons. The molecule has 1 aliphatic carbocycles. The highest BCUT2D eigenvalue weighted by Crippen LogP contribution is 2.52. The van der Waals surface area contributed by atoms with Gasteiger partial charge in [0.15, 0.2) is 14.6 Å². The van der Waals surface area contributed by atoms with Crippen molar-refractivity contribution in [2.24, 2.45) is 0 Å². The van der Waals surface area contributed by atoms with Crippen molar-refractivity contribution in [2.75, 3.05) is 5.32 Å². The summed E-state index contributed by atoms with van der Waals surface area (Å²) in [6, 6.07) is 4.91. The topological polar surface area (TPSA) is 63.2 Å². The van der Waals surface area contributed by atoms with Gasteiger partial charge in [-0.05, 0) is 40.9 Å². The van der Waals surface area contributed by atoms with Crippen LogP contribution in [0.3, 0.4) is 0 Å².